The lowest BCUT2D eigenvalue weighted by molar-refractivity contribution is -0.146. The van der Waals surface area contributed by atoms with Crippen molar-refractivity contribution in [2.24, 2.45) is 5.92 Å². The van der Waals surface area contributed by atoms with Crippen molar-refractivity contribution in [3.8, 4) is 0 Å². The number of carbonyl (C=O) groups is 2. The molecule has 0 bridgehead atoms. The molecule has 0 spiro atoms. The largest absolute Gasteiger partial charge is 0.469 e. The first-order valence-corrected chi connectivity index (χ1v) is 8.63. The first-order valence-electron chi connectivity index (χ1n) is 7.88. The quantitative estimate of drug-likeness (QED) is 0.747. The van der Waals surface area contributed by atoms with E-state index < -0.39 is 17.9 Å². The van der Waals surface area contributed by atoms with Gasteiger partial charge in [-0.2, -0.15) is 0 Å². The molecular weight excluding hydrogens is 361 g/mol. The Labute approximate surface area is 156 Å². The highest BCUT2D eigenvalue weighted by Crippen LogP contribution is 2.45. The number of esters is 1. The smallest absolute Gasteiger partial charge is 0.311 e. The van der Waals surface area contributed by atoms with E-state index in [1.54, 1.807) is 23.1 Å². The Kier molecular flexibility index (Phi) is 5.30. The van der Waals surface area contributed by atoms with Crippen LogP contribution in [0.2, 0.25) is 10.0 Å². The molecule has 2 unspecified atom stereocenters. The van der Waals surface area contributed by atoms with Gasteiger partial charge in [0.1, 0.15) is 0 Å². The molecule has 2 aromatic carbocycles. The van der Waals surface area contributed by atoms with Crippen LogP contribution in [0.5, 0.6) is 0 Å². The zero-order chi connectivity index (χ0) is 18.0. The van der Waals surface area contributed by atoms with Crippen LogP contribution in [0.15, 0.2) is 48.5 Å². The van der Waals surface area contributed by atoms with Gasteiger partial charge >= 0.3 is 5.97 Å². The number of hydrogen-bond acceptors (Lipinski definition) is 3. The van der Waals surface area contributed by atoms with Crippen molar-refractivity contribution >= 4 is 35.1 Å². The molecule has 1 heterocycles. The molecule has 3 rings (SSSR count). The van der Waals surface area contributed by atoms with Gasteiger partial charge in [-0.1, -0.05) is 59.6 Å². The molecule has 0 saturated carbocycles. The average Bonchev–Trinajstić information content (AvgIpc) is 2.92. The molecular formula is C19H17Cl2NO3. The van der Waals surface area contributed by atoms with Gasteiger partial charge in [-0.05, 0) is 17.7 Å². The Balaban J connectivity index is 2.05. The topological polar surface area (TPSA) is 46.6 Å². The summed E-state index contributed by atoms with van der Waals surface area (Å²) in [5.41, 5.74) is 1.55. The van der Waals surface area contributed by atoms with Crippen LogP contribution in [-0.4, -0.2) is 23.9 Å². The molecule has 0 aliphatic carbocycles. The summed E-state index contributed by atoms with van der Waals surface area (Å²) in [7, 11) is 1.32. The van der Waals surface area contributed by atoms with Crippen molar-refractivity contribution in [2.75, 3.05) is 7.11 Å². The number of ether oxygens (including phenoxy) is 1. The van der Waals surface area contributed by atoms with Gasteiger partial charge in [0, 0.05) is 28.6 Å². The second kappa shape index (κ2) is 7.46. The van der Waals surface area contributed by atoms with Crippen LogP contribution in [0.3, 0.4) is 0 Å². The Bertz CT molecular complexity index is 774. The number of halogens is 2. The number of hydrogen-bond donors (Lipinski definition) is 0. The molecule has 0 radical (unpaired) electrons. The lowest BCUT2D eigenvalue weighted by Gasteiger charge is -2.29. The molecule has 1 aliphatic rings. The molecule has 2 aromatic rings. The van der Waals surface area contributed by atoms with Gasteiger partial charge in [0.15, 0.2) is 0 Å². The SMILES string of the molecule is COC(=O)C1CC(=O)N(Cc2ccccc2)C1c1c(Cl)cccc1Cl. The van der Waals surface area contributed by atoms with E-state index in [4.69, 9.17) is 27.9 Å². The third kappa shape index (κ3) is 3.51. The predicted octanol–water partition coefficient (Wildman–Crippen LogP) is 4.26. The number of nitrogens with zero attached hydrogens (tertiary/aromatic N) is 1. The summed E-state index contributed by atoms with van der Waals surface area (Å²) in [5.74, 6) is -1.20. The second-order valence-electron chi connectivity index (χ2n) is 5.92. The number of carbonyl (C=O) groups excluding carboxylic acids is 2. The molecule has 1 saturated heterocycles. The molecule has 2 atom stereocenters. The summed E-state index contributed by atoms with van der Waals surface area (Å²) < 4.78 is 4.91. The van der Waals surface area contributed by atoms with Gasteiger partial charge < -0.3 is 9.64 Å². The fraction of sp³-hybridized carbons (Fsp3) is 0.263. The van der Waals surface area contributed by atoms with Gasteiger partial charge in [0.25, 0.3) is 0 Å². The number of rotatable bonds is 4. The Morgan fingerprint density at radius 3 is 2.36 bits per heavy atom. The maximum absolute atomic E-state index is 12.6. The van der Waals surface area contributed by atoms with Gasteiger partial charge in [0.2, 0.25) is 5.91 Å². The van der Waals surface area contributed by atoms with E-state index in [-0.39, 0.29) is 12.3 Å². The number of methoxy groups -OCH3 is 1. The fourth-order valence-corrected chi connectivity index (χ4v) is 3.89. The molecule has 1 fully saturated rings. The molecule has 25 heavy (non-hydrogen) atoms. The maximum Gasteiger partial charge on any atom is 0.311 e. The minimum atomic E-state index is -0.640. The van der Waals surface area contributed by atoms with Crippen LogP contribution in [0.25, 0.3) is 0 Å². The monoisotopic (exact) mass is 377 g/mol. The van der Waals surface area contributed by atoms with E-state index in [9.17, 15) is 9.59 Å². The zero-order valence-corrected chi connectivity index (χ0v) is 15.1. The van der Waals surface area contributed by atoms with Crippen molar-refractivity contribution in [1.29, 1.82) is 0 Å². The van der Waals surface area contributed by atoms with E-state index in [2.05, 4.69) is 0 Å². The zero-order valence-electron chi connectivity index (χ0n) is 13.6. The fourth-order valence-electron chi connectivity index (χ4n) is 3.27. The second-order valence-corrected chi connectivity index (χ2v) is 6.74. The van der Waals surface area contributed by atoms with Crippen LogP contribution >= 0.6 is 23.2 Å². The van der Waals surface area contributed by atoms with E-state index in [1.165, 1.54) is 7.11 Å². The van der Waals surface area contributed by atoms with Crippen molar-refractivity contribution in [3.05, 3.63) is 69.7 Å². The van der Waals surface area contributed by atoms with Crippen LogP contribution in [0.4, 0.5) is 0 Å². The lowest BCUT2D eigenvalue weighted by atomic mass is 9.93. The first-order chi connectivity index (χ1) is 12.0. The first kappa shape index (κ1) is 17.8. The number of benzene rings is 2. The average molecular weight is 378 g/mol. The van der Waals surface area contributed by atoms with Crippen LogP contribution in [0.1, 0.15) is 23.6 Å². The molecule has 130 valence electrons. The highest BCUT2D eigenvalue weighted by atomic mass is 35.5. The third-order valence-corrected chi connectivity index (χ3v) is 5.09. The van der Waals surface area contributed by atoms with Crippen molar-refractivity contribution in [2.45, 2.75) is 19.0 Å². The summed E-state index contributed by atoms with van der Waals surface area (Å²) in [4.78, 5) is 26.6. The summed E-state index contributed by atoms with van der Waals surface area (Å²) in [6.07, 6.45) is 0.0751. The minimum absolute atomic E-state index is 0.0751. The predicted molar refractivity (Wildman–Crippen MR) is 96.3 cm³/mol. The van der Waals surface area contributed by atoms with E-state index in [1.807, 2.05) is 30.3 Å². The molecule has 0 N–H and O–H groups in total. The highest BCUT2D eigenvalue weighted by Gasteiger charge is 2.46. The summed E-state index contributed by atoms with van der Waals surface area (Å²) in [6.45, 7) is 0.374. The Morgan fingerprint density at radius 1 is 1.12 bits per heavy atom. The van der Waals surface area contributed by atoms with Crippen molar-refractivity contribution < 1.29 is 14.3 Å². The molecule has 1 amide bonds. The van der Waals surface area contributed by atoms with Crippen molar-refractivity contribution in [1.82, 2.24) is 4.90 Å². The van der Waals surface area contributed by atoms with Crippen molar-refractivity contribution in [3.63, 3.8) is 0 Å². The lowest BCUT2D eigenvalue weighted by Crippen LogP contribution is -2.31. The summed E-state index contributed by atoms with van der Waals surface area (Å²) in [6, 6.07) is 14.2. The molecule has 1 aliphatic heterocycles. The maximum atomic E-state index is 12.6. The summed E-state index contributed by atoms with van der Waals surface area (Å²) in [5, 5.41) is 0.860. The highest BCUT2D eigenvalue weighted by molar-refractivity contribution is 6.36. The minimum Gasteiger partial charge on any atom is -0.469 e. The van der Waals surface area contributed by atoms with Gasteiger partial charge in [-0.25, -0.2) is 0 Å². The number of likely N-dealkylation sites (tertiary alicyclic amines) is 1. The Hall–Kier alpha value is -2.04. The van der Waals surface area contributed by atoms with Crippen LogP contribution < -0.4 is 0 Å². The van der Waals surface area contributed by atoms with Gasteiger partial charge in [-0.15, -0.1) is 0 Å². The molecule has 6 heteroatoms. The van der Waals surface area contributed by atoms with E-state index in [0.29, 0.717) is 22.2 Å². The van der Waals surface area contributed by atoms with Gasteiger partial charge in [0.05, 0.1) is 19.1 Å². The number of amides is 1. The standard InChI is InChI=1S/C19H17Cl2NO3/c1-25-19(24)13-10-16(23)22(11-12-6-3-2-4-7-12)18(13)17-14(20)8-5-9-15(17)21/h2-9,13,18H,10-11H2,1H3. The molecule has 4 nitrogen and oxygen atoms in total. The van der Waals surface area contributed by atoms with E-state index in [0.717, 1.165) is 5.56 Å². The normalized spacial score (nSPS) is 20.0. The summed E-state index contributed by atoms with van der Waals surface area (Å²) >= 11 is 12.7. The van der Waals surface area contributed by atoms with Crippen LogP contribution in [-0.2, 0) is 20.9 Å². The molecule has 0 aromatic heterocycles. The van der Waals surface area contributed by atoms with Crippen LogP contribution in [0, 0.1) is 5.92 Å². The van der Waals surface area contributed by atoms with Gasteiger partial charge in [-0.3, -0.25) is 9.59 Å². The van der Waals surface area contributed by atoms with E-state index >= 15 is 0 Å². The Morgan fingerprint density at radius 2 is 1.76 bits per heavy atom. The third-order valence-electron chi connectivity index (χ3n) is 4.43.